The van der Waals surface area contributed by atoms with E-state index in [4.69, 9.17) is 21.1 Å². The van der Waals surface area contributed by atoms with Crippen LogP contribution in [0.1, 0.15) is 28.8 Å². The number of carbonyl (C=O) groups is 1. The maximum atomic E-state index is 12.8. The molecule has 150 valence electrons. The second-order valence-electron chi connectivity index (χ2n) is 6.51. The minimum Gasteiger partial charge on any atom is -0.495 e. The molecular weight excluding hydrogens is 404 g/mol. The van der Waals surface area contributed by atoms with Gasteiger partial charge in [0.1, 0.15) is 11.5 Å². The standard InChI is InChI=1S/C19H21ClN2O5S/c1-11-4-7-13(28(24,25)22-12-5-6-12)8-14(11)19(23)21-16-10-17(26-2)15(20)9-18(16)27-3/h4,7-10,12,22H,5-6H2,1-3H3,(H,21,23). The van der Waals surface area contributed by atoms with Crippen LogP contribution >= 0.6 is 11.6 Å². The SMILES string of the molecule is COc1cc(NC(=O)c2cc(S(=O)(=O)NC3CC3)ccc2C)c(OC)cc1Cl. The molecular formula is C19H21ClN2O5S. The molecule has 1 amide bonds. The quantitative estimate of drug-likeness (QED) is 0.710. The molecule has 3 rings (SSSR count). The number of sulfonamides is 1. The van der Waals surface area contributed by atoms with E-state index in [-0.39, 0.29) is 16.5 Å². The highest BCUT2D eigenvalue weighted by Crippen LogP contribution is 2.36. The van der Waals surface area contributed by atoms with Crippen molar-refractivity contribution in [3.63, 3.8) is 0 Å². The lowest BCUT2D eigenvalue weighted by molar-refractivity contribution is 0.102. The largest absolute Gasteiger partial charge is 0.495 e. The highest BCUT2D eigenvalue weighted by atomic mass is 35.5. The van der Waals surface area contributed by atoms with Crippen molar-refractivity contribution in [3.8, 4) is 11.5 Å². The number of rotatable bonds is 7. The molecule has 1 aliphatic rings. The summed E-state index contributed by atoms with van der Waals surface area (Å²) in [6.45, 7) is 1.74. The van der Waals surface area contributed by atoms with Crippen molar-refractivity contribution in [2.45, 2.75) is 30.7 Å². The molecule has 7 nitrogen and oxygen atoms in total. The zero-order valence-corrected chi connectivity index (χ0v) is 17.3. The molecule has 0 saturated heterocycles. The summed E-state index contributed by atoms with van der Waals surface area (Å²) in [4.78, 5) is 12.9. The lowest BCUT2D eigenvalue weighted by Crippen LogP contribution is -2.26. The van der Waals surface area contributed by atoms with Crippen molar-refractivity contribution in [2.75, 3.05) is 19.5 Å². The number of carbonyl (C=O) groups excluding carboxylic acids is 1. The summed E-state index contributed by atoms with van der Waals surface area (Å²) in [7, 11) is -0.747. The average Bonchev–Trinajstić information content (AvgIpc) is 3.46. The zero-order valence-electron chi connectivity index (χ0n) is 15.7. The van der Waals surface area contributed by atoms with Crippen LogP contribution in [-0.4, -0.2) is 34.6 Å². The normalized spacial score (nSPS) is 13.9. The van der Waals surface area contributed by atoms with E-state index in [9.17, 15) is 13.2 Å². The summed E-state index contributed by atoms with van der Waals surface area (Å²) in [6, 6.07) is 7.52. The van der Waals surface area contributed by atoms with E-state index in [2.05, 4.69) is 10.0 Å². The molecule has 2 aromatic carbocycles. The van der Waals surface area contributed by atoms with Crippen LogP contribution in [0.2, 0.25) is 5.02 Å². The van der Waals surface area contributed by atoms with E-state index in [0.717, 1.165) is 12.8 Å². The van der Waals surface area contributed by atoms with Crippen LogP contribution in [0.3, 0.4) is 0 Å². The molecule has 1 saturated carbocycles. The summed E-state index contributed by atoms with van der Waals surface area (Å²) in [5.41, 5.74) is 1.25. The summed E-state index contributed by atoms with van der Waals surface area (Å²) < 4.78 is 38.0. The predicted molar refractivity (Wildman–Crippen MR) is 107 cm³/mol. The molecule has 0 aromatic heterocycles. The van der Waals surface area contributed by atoms with Crippen LogP contribution in [0.4, 0.5) is 5.69 Å². The number of amides is 1. The Morgan fingerprint density at radius 1 is 1.11 bits per heavy atom. The van der Waals surface area contributed by atoms with Gasteiger partial charge < -0.3 is 14.8 Å². The summed E-state index contributed by atoms with van der Waals surface area (Å²) in [6.07, 6.45) is 1.66. The predicted octanol–water partition coefficient (Wildman–Crippen LogP) is 3.36. The molecule has 28 heavy (non-hydrogen) atoms. The number of methoxy groups -OCH3 is 2. The molecule has 2 N–H and O–H groups in total. The van der Waals surface area contributed by atoms with Crippen molar-refractivity contribution in [1.29, 1.82) is 0 Å². The van der Waals surface area contributed by atoms with Crippen LogP contribution < -0.4 is 19.5 Å². The second kappa shape index (κ2) is 7.98. The number of benzene rings is 2. The average molecular weight is 425 g/mol. The van der Waals surface area contributed by atoms with Gasteiger partial charge in [0.05, 0.1) is 29.8 Å². The lowest BCUT2D eigenvalue weighted by Gasteiger charge is -2.14. The first-order valence-electron chi connectivity index (χ1n) is 8.61. The van der Waals surface area contributed by atoms with Crippen molar-refractivity contribution in [3.05, 3.63) is 46.5 Å². The van der Waals surface area contributed by atoms with Crippen LogP contribution in [0.15, 0.2) is 35.2 Å². The fourth-order valence-corrected chi connectivity index (χ4v) is 4.21. The Bertz CT molecular complexity index is 1020. The molecule has 0 bridgehead atoms. The third kappa shape index (κ3) is 4.40. The number of aryl methyl sites for hydroxylation is 1. The highest BCUT2D eigenvalue weighted by Gasteiger charge is 2.28. The van der Waals surface area contributed by atoms with Gasteiger partial charge in [-0.3, -0.25) is 4.79 Å². The van der Waals surface area contributed by atoms with Gasteiger partial charge in [0.2, 0.25) is 10.0 Å². The van der Waals surface area contributed by atoms with Gasteiger partial charge in [-0.05, 0) is 37.5 Å². The third-order valence-electron chi connectivity index (χ3n) is 4.39. The van der Waals surface area contributed by atoms with Crippen LogP contribution in [0.25, 0.3) is 0 Å². The molecule has 0 spiro atoms. The summed E-state index contributed by atoms with van der Waals surface area (Å²) in [5.74, 6) is 0.263. The second-order valence-corrected chi connectivity index (χ2v) is 8.63. The fraction of sp³-hybridized carbons (Fsp3) is 0.316. The van der Waals surface area contributed by atoms with Gasteiger partial charge >= 0.3 is 0 Å². The Hall–Kier alpha value is -2.29. The molecule has 0 atom stereocenters. The number of hydrogen-bond acceptors (Lipinski definition) is 5. The number of halogens is 1. The van der Waals surface area contributed by atoms with Crippen LogP contribution in [0, 0.1) is 6.92 Å². The van der Waals surface area contributed by atoms with Crippen molar-refractivity contribution in [2.24, 2.45) is 0 Å². The maximum absolute atomic E-state index is 12.8. The first-order chi connectivity index (χ1) is 13.2. The first-order valence-corrected chi connectivity index (χ1v) is 10.5. The molecule has 0 heterocycles. The van der Waals surface area contributed by atoms with E-state index in [1.165, 1.54) is 32.4 Å². The molecule has 9 heteroatoms. The van der Waals surface area contributed by atoms with E-state index in [1.807, 2.05) is 0 Å². The fourth-order valence-electron chi connectivity index (χ4n) is 2.65. The van der Waals surface area contributed by atoms with Gasteiger partial charge in [-0.2, -0.15) is 0 Å². The monoisotopic (exact) mass is 424 g/mol. The van der Waals surface area contributed by atoms with Gasteiger partial charge in [-0.25, -0.2) is 13.1 Å². The number of anilines is 1. The topological polar surface area (TPSA) is 93.7 Å². The Balaban J connectivity index is 1.91. The number of ether oxygens (including phenoxy) is 2. The van der Waals surface area contributed by atoms with Crippen molar-refractivity contribution >= 4 is 33.2 Å². The van der Waals surface area contributed by atoms with Gasteiger partial charge in [-0.1, -0.05) is 17.7 Å². The van der Waals surface area contributed by atoms with Crippen LogP contribution in [0.5, 0.6) is 11.5 Å². The van der Waals surface area contributed by atoms with Crippen molar-refractivity contribution in [1.82, 2.24) is 4.72 Å². The zero-order chi connectivity index (χ0) is 20.5. The molecule has 0 aliphatic heterocycles. The lowest BCUT2D eigenvalue weighted by atomic mass is 10.1. The molecule has 1 fully saturated rings. The van der Waals surface area contributed by atoms with Gasteiger partial charge in [0.15, 0.2) is 0 Å². The Morgan fingerprint density at radius 2 is 1.79 bits per heavy atom. The molecule has 2 aromatic rings. The summed E-state index contributed by atoms with van der Waals surface area (Å²) >= 11 is 6.09. The third-order valence-corrected chi connectivity index (χ3v) is 6.20. The smallest absolute Gasteiger partial charge is 0.256 e. The van der Waals surface area contributed by atoms with Crippen molar-refractivity contribution < 1.29 is 22.7 Å². The number of hydrogen-bond donors (Lipinski definition) is 2. The maximum Gasteiger partial charge on any atom is 0.256 e. The highest BCUT2D eigenvalue weighted by molar-refractivity contribution is 7.89. The number of nitrogens with one attached hydrogen (secondary N) is 2. The van der Waals surface area contributed by atoms with E-state index in [1.54, 1.807) is 19.1 Å². The minimum absolute atomic E-state index is 0.0191. The van der Waals surface area contributed by atoms with E-state index in [0.29, 0.717) is 27.8 Å². The van der Waals surface area contributed by atoms with E-state index < -0.39 is 15.9 Å². The van der Waals surface area contributed by atoms with Crippen LogP contribution in [-0.2, 0) is 10.0 Å². The Labute approximate surface area is 169 Å². The molecule has 0 unspecified atom stereocenters. The van der Waals surface area contributed by atoms with Gasteiger partial charge in [0, 0.05) is 23.7 Å². The first kappa shape index (κ1) is 20.4. The summed E-state index contributed by atoms with van der Waals surface area (Å²) in [5, 5.41) is 3.08. The minimum atomic E-state index is -3.66. The molecule has 1 aliphatic carbocycles. The molecule has 0 radical (unpaired) electrons. The van der Waals surface area contributed by atoms with Gasteiger partial charge in [0.25, 0.3) is 5.91 Å². The Kier molecular flexibility index (Phi) is 5.83. The Morgan fingerprint density at radius 3 is 2.39 bits per heavy atom. The van der Waals surface area contributed by atoms with E-state index >= 15 is 0 Å². The van der Waals surface area contributed by atoms with Gasteiger partial charge in [-0.15, -0.1) is 0 Å².